The van der Waals surface area contributed by atoms with E-state index in [0.29, 0.717) is 31.5 Å². The Kier molecular flexibility index (Phi) is 10.2. The van der Waals surface area contributed by atoms with Gasteiger partial charge in [0.05, 0.1) is 18.1 Å². The summed E-state index contributed by atoms with van der Waals surface area (Å²) in [6.45, 7) is 0.611. The van der Waals surface area contributed by atoms with Gasteiger partial charge in [0.25, 0.3) is 5.69 Å². The highest BCUT2D eigenvalue weighted by Crippen LogP contribution is 2.29. The van der Waals surface area contributed by atoms with Crippen LogP contribution < -0.4 is 5.32 Å². The second-order valence-corrected chi connectivity index (χ2v) is 5.71. The zero-order chi connectivity index (χ0) is 20.1. The van der Waals surface area contributed by atoms with Crippen molar-refractivity contribution in [1.29, 1.82) is 0 Å². The Labute approximate surface area is 156 Å². The molecular formula is C16H24N6O5. The smallest absolute Gasteiger partial charge is 0.292 e. The van der Waals surface area contributed by atoms with Crippen molar-refractivity contribution in [2.45, 2.75) is 25.7 Å². The van der Waals surface area contributed by atoms with E-state index in [0.717, 1.165) is 6.42 Å². The van der Waals surface area contributed by atoms with E-state index in [9.17, 15) is 14.9 Å². The number of rotatable bonds is 13. The molecule has 27 heavy (non-hydrogen) atoms. The first-order valence-corrected chi connectivity index (χ1v) is 8.60. The maximum Gasteiger partial charge on any atom is 0.292 e. The van der Waals surface area contributed by atoms with Crippen LogP contribution in [0, 0.1) is 10.1 Å². The Hall–Kier alpha value is -2.88. The van der Waals surface area contributed by atoms with Gasteiger partial charge in [-0.2, -0.15) is 0 Å². The molecule has 0 saturated heterocycles. The molecule has 0 unspecified atom stereocenters. The zero-order valence-electron chi connectivity index (χ0n) is 15.0. The van der Waals surface area contributed by atoms with Crippen molar-refractivity contribution in [3.8, 4) is 0 Å². The number of benzene rings is 1. The van der Waals surface area contributed by atoms with Crippen LogP contribution in [0.3, 0.4) is 0 Å². The van der Waals surface area contributed by atoms with Crippen LogP contribution in [0.2, 0.25) is 0 Å². The maximum absolute atomic E-state index is 12.0. The molecule has 1 aromatic carbocycles. The van der Waals surface area contributed by atoms with Crippen LogP contribution in [0.1, 0.15) is 25.7 Å². The molecule has 0 bridgehead atoms. The molecule has 0 aromatic heterocycles. The van der Waals surface area contributed by atoms with Crippen molar-refractivity contribution >= 4 is 23.0 Å². The Balaban J connectivity index is 2.41. The number of aliphatic hydroxyl groups is 2. The SMILES string of the molecule is [N-]=[N+]=Nc1ccc(NCCCCCC(=O)N(CCO)CCO)c([N+](=O)[O-])c1. The topological polar surface area (TPSA) is 165 Å². The number of carbonyl (C=O) groups excluding carboxylic acids is 1. The number of anilines is 1. The molecule has 11 heteroatoms. The monoisotopic (exact) mass is 380 g/mol. The predicted octanol–water partition coefficient (Wildman–Crippen LogP) is 2.32. The fraction of sp³-hybridized carbons (Fsp3) is 0.562. The molecule has 0 spiro atoms. The minimum atomic E-state index is -0.547. The van der Waals surface area contributed by atoms with Crippen LogP contribution in [0.15, 0.2) is 23.3 Å². The molecule has 0 fully saturated rings. The van der Waals surface area contributed by atoms with E-state index in [2.05, 4.69) is 15.3 Å². The summed E-state index contributed by atoms with van der Waals surface area (Å²) in [6.07, 6.45) is 2.42. The van der Waals surface area contributed by atoms with Gasteiger partial charge in [-0.3, -0.25) is 14.9 Å². The van der Waals surface area contributed by atoms with E-state index >= 15 is 0 Å². The van der Waals surface area contributed by atoms with Crippen LogP contribution in [-0.4, -0.2) is 58.8 Å². The third kappa shape index (κ3) is 7.90. The van der Waals surface area contributed by atoms with Crippen LogP contribution in [0.5, 0.6) is 0 Å². The van der Waals surface area contributed by atoms with Gasteiger partial charge in [-0.25, -0.2) is 0 Å². The molecule has 1 aromatic rings. The normalized spacial score (nSPS) is 10.1. The second kappa shape index (κ2) is 12.5. The zero-order valence-corrected chi connectivity index (χ0v) is 15.0. The largest absolute Gasteiger partial charge is 0.395 e. The number of nitrogens with zero attached hydrogens (tertiary/aromatic N) is 5. The van der Waals surface area contributed by atoms with E-state index in [1.165, 1.54) is 23.1 Å². The van der Waals surface area contributed by atoms with E-state index < -0.39 is 4.92 Å². The third-order valence-electron chi connectivity index (χ3n) is 3.81. The number of nitro groups is 1. The van der Waals surface area contributed by atoms with Crippen LogP contribution in [0.25, 0.3) is 10.4 Å². The minimum absolute atomic E-state index is 0.115. The van der Waals surface area contributed by atoms with E-state index in [4.69, 9.17) is 15.7 Å². The van der Waals surface area contributed by atoms with Crippen molar-refractivity contribution < 1.29 is 19.9 Å². The van der Waals surface area contributed by atoms with Gasteiger partial charge >= 0.3 is 0 Å². The first-order chi connectivity index (χ1) is 13.0. The number of amides is 1. The molecule has 0 saturated carbocycles. The number of aliphatic hydroxyl groups excluding tert-OH is 2. The lowest BCUT2D eigenvalue weighted by atomic mass is 10.1. The van der Waals surface area contributed by atoms with Crippen LogP contribution in [-0.2, 0) is 4.79 Å². The van der Waals surface area contributed by atoms with E-state index in [-0.39, 0.29) is 43.6 Å². The molecule has 1 rings (SSSR count). The van der Waals surface area contributed by atoms with Gasteiger partial charge in [-0.05, 0) is 24.4 Å². The maximum atomic E-state index is 12.0. The number of nitrogens with one attached hydrogen (secondary N) is 1. The number of azide groups is 1. The minimum Gasteiger partial charge on any atom is -0.395 e. The lowest BCUT2D eigenvalue weighted by molar-refractivity contribution is -0.383. The van der Waals surface area contributed by atoms with Crippen molar-refractivity contribution in [3.63, 3.8) is 0 Å². The quantitative estimate of drug-likeness (QED) is 0.119. The van der Waals surface area contributed by atoms with Gasteiger partial charge in [0.1, 0.15) is 5.69 Å². The Morgan fingerprint density at radius 2 is 1.96 bits per heavy atom. The van der Waals surface area contributed by atoms with Gasteiger partial charge in [-0.1, -0.05) is 17.6 Å². The summed E-state index contributed by atoms with van der Waals surface area (Å²) < 4.78 is 0. The van der Waals surface area contributed by atoms with Crippen LogP contribution >= 0.6 is 0 Å². The fourth-order valence-electron chi connectivity index (χ4n) is 2.50. The molecule has 0 aliphatic carbocycles. The van der Waals surface area contributed by atoms with Crippen LogP contribution in [0.4, 0.5) is 17.1 Å². The lowest BCUT2D eigenvalue weighted by Gasteiger charge is -2.20. The van der Waals surface area contributed by atoms with Crippen molar-refractivity contribution in [1.82, 2.24) is 4.90 Å². The Bertz CT molecular complexity index is 671. The van der Waals surface area contributed by atoms with Crippen molar-refractivity contribution in [2.24, 2.45) is 5.11 Å². The second-order valence-electron chi connectivity index (χ2n) is 5.71. The Morgan fingerprint density at radius 1 is 1.26 bits per heavy atom. The molecule has 0 radical (unpaired) electrons. The first-order valence-electron chi connectivity index (χ1n) is 8.60. The first kappa shape index (κ1) is 22.2. The number of hydrogen-bond acceptors (Lipinski definition) is 7. The third-order valence-corrected chi connectivity index (χ3v) is 3.81. The molecule has 11 nitrogen and oxygen atoms in total. The highest BCUT2D eigenvalue weighted by molar-refractivity contribution is 5.76. The Morgan fingerprint density at radius 3 is 2.56 bits per heavy atom. The molecule has 3 N–H and O–H groups in total. The predicted molar refractivity (Wildman–Crippen MR) is 99.6 cm³/mol. The summed E-state index contributed by atoms with van der Waals surface area (Å²) in [5.74, 6) is -0.115. The van der Waals surface area contributed by atoms with Gasteiger partial charge in [-0.15, -0.1) is 0 Å². The summed E-state index contributed by atoms with van der Waals surface area (Å²) >= 11 is 0. The molecule has 0 aliphatic rings. The van der Waals surface area contributed by atoms with Gasteiger partial charge in [0, 0.05) is 42.7 Å². The number of carbonyl (C=O) groups is 1. The standard InChI is InChI=1S/C16H24N6O5/c17-20-19-13-5-6-14(15(12-13)22(26)27)18-7-3-1-2-4-16(25)21(8-10-23)9-11-24/h5-6,12,18,23-24H,1-4,7-11H2. The molecule has 0 aliphatic heterocycles. The average molecular weight is 380 g/mol. The summed E-state index contributed by atoms with van der Waals surface area (Å²) in [5, 5.41) is 35.3. The number of unbranched alkanes of at least 4 members (excludes halogenated alkanes) is 2. The van der Waals surface area contributed by atoms with Gasteiger partial charge in [0.2, 0.25) is 5.91 Å². The van der Waals surface area contributed by atoms with E-state index in [1.807, 2.05) is 0 Å². The van der Waals surface area contributed by atoms with Crippen molar-refractivity contribution in [2.75, 3.05) is 38.2 Å². The molecule has 1 amide bonds. The summed E-state index contributed by atoms with van der Waals surface area (Å²) in [6, 6.07) is 4.19. The summed E-state index contributed by atoms with van der Waals surface area (Å²) in [4.78, 5) is 26.6. The van der Waals surface area contributed by atoms with Gasteiger partial charge in [0.15, 0.2) is 0 Å². The number of hydrogen-bond donors (Lipinski definition) is 3. The molecular weight excluding hydrogens is 356 g/mol. The molecule has 0 atom stereocenters. The van der Waals surface area contributed by atoms with Gasteiger partial charge < -0.3 is 20.4 Å². The fourth-order valence-corrected chi connectivity index (χ4v) is 2.50. The lowest BCUT2D eigenvalue weighted by Crippen LogP contribution is -2.35. The van der Waals surface area contributed by atoms with Crippen molar-refractivity contribution in [3.05, 3.63) is 38.8 Å². The summed E-state index contributed by atoms with van der Waals surface area (Å²) in [5.41, 5.74) is 8.74. The summed E-state index contributed by atoms with van der Waals surface area (Å²) in [7, 11) is 0. The highest BCUT2D eigenvalue weighted by atomic mass is 16.6. The molecule has 148 valence electrons. The van der Waals surface area contributed by atoms with E-state index in [1.54, 1.807) is 0 Å². The molecule has 0 heterocycles. The number of nitro benzene ring substituents is 1. The average Bonchev–Trinajstić information content (AvgIpc) is 2.65. The highest BCUT2D eigenvalue weighted by Gasteiger charge is 2.14.